The summed E-state index contributed by atoms with van der Waals surface area (Å²) in [6.45, 7) is 6.83. The average molecular weight is 804 g/mol. The fraction of sp³-hybridized carbons (Fsp3) is 0.415. The number of nitrogens with zero attached hydrogens (tertiary/aromatic N) is 2. The van der Waals surface area contributed by atoms with Crippen molar-refractivity contribution in [2.45, 2.75) is 97.2 Å². The maximum Gasteiger partial charge on any atom is 0.343 e. The van der Waals surface area contributed by atoms with Crippen LogP contribution in [0.1, 0.15) is 81.2 Å². The van der Waals surface area contributed by atoms with Crippen molar-refractivity contribution in [1.29, 1.82) is 0 Å². The molecule has 2 aromatic heterocycles. The number of ether oxygens (including phenoxy) is 2. The second kappa shape index (κ2) is 16.9. The number of hydrogen-bond donors (Lipinski definition) is 6. The maximum absolute atomic E-state index is 15.4. The molecule has 0 bridgehead atoms. The Balaban J connectivity index is 1.19. The van der Waals surface area contributed by atoms with Gasteiger partial charge in [0.05, 0.1) is 40.6 Å². The Morgan fingerprint density at radius 3 is 2.41 bits per heavy atom. The van der Waals surface area contributed by atoms with Crippen LogP contribution in [0.3, 0.4) is 0 Å². The third kappa shape index (κ3) is 8.09. The highest BCUT2D eigenvalue weighted by Crippen LogP contribution is 2.41. The minimum atomic E-state index is -1.95. The molecule has 58 heavy (non-hydrogen) atoms. The number of fused-ring (bicyclic) bond motifs is 5. The molecule has 2 aromatic carbocycles. The molecule has 2 aliphatic rings. The summed E-state index contributed by atoms with van der Waals surface area (Å²) in [4.78, 5) is 68.1. The van der Waals surface area contributed by atoms with Gasteiger partial charge >= 0.3 is 12.0 Å². The number of pyridine rings is 2. The quantitative estimate of drug-likeness (QED) is 0.0663. The molecule has 0 spiro atoms. The van der Waals surface area contributed by atoms with E-state index in [2.05, 4.69) is 16.0 Å². The number of benzene rings is 2. The molecule has 0 radical (unpaired) electrons. The Morgan fingerprint density at radius 2 is 1.76 bits per heavy atom. The Kier molecular flexibility index (Phi) is 12.1. The largest absolute Gasteiger partial charge is 0.489 e. The van der Waals surface area contributed by atoms with E-state index in [1.165, 1.54) is 0 Å². The molecule has 0 saturated carbocycles. The molecule has 4 amide bonds. The van der Waals surface area contributed by atoms with Gasteiger partial charge in [-0.05, 0) is 80.0 Å². The van der Waals surface area contributed by atoms with E-state index in [-0.39, 0.29) is 66.4 Å². The molecule has 308 valence electrons. The summed E-state index contributed by atoms with van der Waals surface area (Å²) in [5, 5.41) is 19.5. The van der Waals surface area contributed by atoms with Gasteiger partial charge in [-0.25, -0.2) is 23.4 Å². The standard InChI is InChI=1S/C41H47F2N7O8/c1-5-23-24-15-22(10-11-31(24)48-35-25(23)17-50-33(35)16-28-26(38(50)53)18-58-39(54)41(28,56)6-2)57-19-27-29(42)13-21(14-30(27)43)47-36(51)32(9-7-8-12-46-40(45)55)49-37(52)34(44)20(3)4/h10-11,13-16,20,32,34,56H,5-9,12,17-19,44H2,1-4H3,(H,47,51)(H,49,52)(H3,45,46,55)/t32-,34-,41-/m0/s1. The smallest absolute Gasteiger partial charge is 0.343 e. The first-order valence-electron chi connectivity index (χ1n) is 19.2. The van der Waals surface area contributed by atoms with E-state index in [1.54, 1.807) is 49.6 Å². The van der Waals surface area contributed by atoms with Crippen LogP contribution in [0.4, 0.5) is 19.3 Å². The van der Waals surface area contributed by atoms with Crippen LogP contribution in [0.25, 0.3) is 22.3 Å². The van der Waals surface area contributed by atoms with Gasteiger partial charge in [-0.3, -0.25) is 14.4 Å². The van der Waals surface area contributed by atoms with Crippen LogP contribution in [-0.4, -0.2) is 57.1 Å². The number of anilines is 1. The molecular formula is C41H47F2N7O8. The van der Waals surface area contributed by atoms with Crippen molar-refractivity contribution < 1.29 is 42.5 Å². The Hall–Kier alpha value is -5.94. The van der Waals surface area contributed by atoms with Crippen LogP contribution in [0.2, 0.25) is 0 Å². The van der Waals surface area contributed by atoms with Gasteiger partial charge < -0.3 is 46.6 Å². The second-order valence-electron chi connectivity index (χ2n) is 14.9. The lowest BCUT2D eigenvalue weighted by atomic mass is 9.86. The average Bonchev–Trinajstić information content (AvgIpc) is 3.55. The molecule has 2 aliphatic heterocycles. The van der Waals surface area contributed by atoms with E-state index in [0.29, 0.717) is 47.3 Å². The molecule has 0 saturated heterocycles. The highest BCUT2D eigenvalue weighted by Gasteiger charge is 2.45. The molecule has 3 atom stereocenters. The fourth-order valence-corrected chi connectivity index (χ4v) is 7.36. The van der Waals surface area contributed by atoms with Gasteiger partial charge in [0, 0.05) is 28.7 Å². The minimum Gasteiger partial charge on any atom is -0.489 e. The van der Waals surface area contributed by atoms with Crippen LogP contribution < -0.4 is 37.7 Å². The third-order valence-electron chi connectivity index (χ3n) is 10.8. The van der Waals surface area contributed by atoms with Gasteiger partial charge in [-0.2, -0.15) is 0 Å². The number of halogens is 2. The van der Waals surface area contributed by atoms with Crippen molar-refractivity contribution in [2.24, 2.45) is 17.4 Å². The lowest BCUT2D eigenvalue weighted by molar-refractivity contribution is -0.172. The van der Waals surface area contributed by atoms with Gasteiger partial charge in [0.1, 0.15) is 36.6 Å². The van der Waals surface area contributed by atoms with Crippen molar-refractivity contribution in [3.05, 3.63) is 86.2 Å². The van der Waals surface area contributed by atoms with Gasteiger partial charge in [0.2, 0.25) is 11.8 Å². The van der Waals surface area contributed by atoms with Crippen LogP contribution in [0.5, 0.6) is 5.75 Å². The summed E-state index contributed by atoms with van der Waals surface area (Å²) in [6, 6.07) is 5.92. The first kappa shape index (κ1) is 41.7. The summed E-state index contributed by atoms with van der Waals surface area (Å²) < 4.78 is 43.5. The molecule has 4 aromatic rings. The number of carbonyl (C=O) groups is 4. The highest BCUT2D eigenvalue weighted by molar-refractivity contribution is 5.98. The third-order valence-corrected chi connectivity index (χ3v) is 10.8. The number of amides is 4. The van der Waals surface area contributed by atoms with Crippen LogP contribution >= 0.6 is 0 Å². The number of esters is 1. The van der Waals surface area contributed by atoms with E-state index in [4.69, 9.17) is 25.9 Å². The van der Waals surface area contributed by atoms with Crippen molar-refractivity contribution in [1.82, 2.24) is 20.2 Å². The number of nitrogens with two attached hydrogens (primary N) is 2. The highest BCUT2D eigenvalue weighted by atomic mass is 19.1. The van der Waals surface area contributed by atoms with Crippen LogP contribution in [0, 0.1) is 17.6 Å². The zero-order valence-corrected chi connectivity index (χ0v) is 32.7. The molecular weight excluding hydrogens is 756 g/mol. The van der Waals surface area contributed by atoms with Gasteiger partial charge in [-0.1, -0.05) is 27.7 Å². The number of aliphatic hydroxyl groups is 1. The number of urea groups is 1. The van der Waals surface area contributed by atoms with E-state index >= 15 is 8.78 Å². The Bertz CT molecular complexity index is 2340. The van der Waals surface area contributed by atoms with E-state index in [1.807, 2.05) is 6.92 Å². The number of cyclic esters (lactones) is 1. The summed E-state index contributed by atoms with van der Waals surface area (Å²) in [7, 11) is 0. The fourth-order valence-electron chi connectivity index (χ4n) is 7.36. The van der Waals surface area contributed by atoms with Crippen molar-refractivity contribution in [3.8, 4) is 17.1 Å². The monoisotopic (exact) mass is 803 g/mol. The molecule has 4 heterocycles. The van der Waals surface area contributed by atoms with Crippen molar-refractivity contribution in [3.63, 3.8) is 0 Å². The summed E-state index contributed by atoms with van der Waals surface area (Å²) in [5.41, 5.74) is 11.9. The topological polar surface area (TPSA) is 230 Å². The number of primary amides is 1. The molecule has 0 fully saturated rings. The number of carbonyl (C=O) groups excluding carboxylic acids is 4. The molecule has 17 heteroatoms. The minimum absolute atomic E-state index is 0.0221. The van der Waals surface area contributed by atoms with Crippen molar-refractivity contribution in [2.75, 3.05) is 11.9 Å². The predicted octanol–water partition coefficient (Wildman–Crippen LogP) is 3.74. The SMILES string of the molecule is CCc1c2c(nc3ccc(OCc4c(F)cc(NC(=O)[C@H](CCCCNC(N)=O)NC(=O)[C@@H](N)C(C)C)cc4F)cc13)-c1cc3c(c(=O)n1C2)COC(=O)[C@]3(O)CC. The Labute approximate surface area is 332 Å². The zero-order chi connectivity index (χ0) is 42.1. The lowest BCUT2D eigenvalue weighted by Crippen LogP contribution is -2.51. The summed E-state index contributed by atoms with van der Waals surface area (Å²) >= 11 is 0. The second-order valence-corrected chi connectivity index (χ2v) is 14.9. The predicted molar refractivity (Wildman–Crippen MR) is 209 cm³/mol. The molecule has 0 unspecified atom stereocenters. The van der Waals surface area contributed by atoms with Gasteiger partial charge in [-0.15, -0.1) is 0 Å². The number of aryl methyl sites for hydroxylation is 1. The van der Waals surface area contributed by atoms with Gasteiger partial charge in [0.15, 0.2) is 5.60 Å². The Morgan fingerprint density at radius 1 is 1.03 bits per heavy atom. The molecule has 8 N–H and O–H groups in total. The number of nitrogens with one attached hydrogen (secondary N) is 3. The zero-order valence-electron chi connectivity index (χ0n) is 32.7. The summed E-state index contributed by atoms with van der Waals surface area (Å²) in [5.74, 6) is -3.94. The van der Waals surface area contributed by atoms with E-state index in [9.17, 15) is 29.1 Å². The van der Waals surface area contributed by atoms with E-state index in [0.717, 1.165) is 23.3 Å². The van der Waals surface area contributed by atoms with Crippen molar-refractivity contribution >= 4 is 40.4 Å². The number of unbranched alkanes of at least 4 members (excludes halogenated alkanes) is 1. The van der Waals surface area contributed by atoms with Crippen LogP contribution in [-0.2, 0) is 50.9 Å². The number of aromatic nitrogens is 2. The molecule has 15 nitrogen and oxygen atoms in total. The normalized spacial score (nSPS) is 16.5. The summed E-state index contributed by atoms with van der Waals surface area (Å²) in [6.07, 6.45) is 1.58. The van der Waals surface area contributed by atoms with Crippen LogP contribution in [0.15, 0.2) is 41.2 Å². The first-order valence-corrected chi connectivity index (χ1v) is 19.2. The first-order chi connectivity index (χ1) is 27.6. The molecule has 0 aliphatic carbocycles. The number of rotatable bonds is 15. The van der Waals surface area contributed by atoms with Gasteiger partial charge in [0.25, 0.3) is 5.56 Å². The lowest BCUT2D eigenvalue weighted by Gasteiger charge is -2.31. The number of hydrogen-bond acceptors (Lipinski definition) is 10. The van der Waals surface area contributed by atoms with E-state index < -0.39 is 59.7 Å². The maximum atomic E-state index is 15.4. The molecule has 6 rings (SSSR count).